The minimum atomic E-state index is -0.361. The largest absolute Gasteiger partial charge is 0.395 e. The molecule has 0 fully saturated rings. The van der Waals surface area contributed by atoms with Crippen molar-refractivity contribution in [2.24, 2.45) is 0 Å². The first-order valence-corrected chi connectivity index (χ1v) is 7.02. The van der Waals surface area contributed by atoms with E-state index >= 15 is 0 Å². The Morgan fingerprint density at radius 1 is 1.24 bits per heavy atom. The van der Waals surface area contributed by atoms with Gasteiger partial charge in [0.1, 0.15) is 5.82 Å². The van der Waals surface area contributed by atoms with Crippen molar-refractivity contribution in [2.75, 3.05) is 19.8 Å². The highest BCUT2D eigenvalue weighted by Gasteiger charge is 2.09. The Morgan fingerprint density at radius 3 is 2.67 bits per heavy atom. The Morgan fingerprint density at radius 2 is 2.00 bits per heavy atom. The third-order valence-corrected chi connectivity index (χ3v) is 2.52. The van der Waals surface area contributed by atoms with Gasteiger partial charge in [-0.05, 0) is 38.5 Å². The highest BCUT2D eigenvalue weighted by molar-refractivity contribution is 5.38. The zero-order valence-corrected chi connectivity index (χ0v) is 12.9. The molecule has 0 spiro atoms. The molecular formula is C17H23FO3. The van der Waals surface area contributed by atoms with Crippen LogP contribution in [0.4, 0.5) is 4.39 Å². The first kappa shape index (κ1) is 17.6. The second-order valence-corrected chi connectivity index (χ2v) is 5.60. The first-order chi connectivity index (χ1) is 9.92. The lowest BCUT2D eigenvalue weighted by molar-refractivity contribution is -0.0376. The van der Waals surface area contributed by atoms with E-state index in [9.17, 15) is 4.39 Å². The summed E-state index contributed by atoms with van der Waals surface area (Å²) in [6.07, 6.45) is 0.338. The molecule has 21 heavy (non-hydrogen) atoms. The molecule has 0 saturated heterocycles. The molecule has 0 bridgehead atoms. The number of benzene rings is 1. The van der Waals surface area contributed by atoms with E-state index < -0.39 is 0 Å². The second kappa shape index (κ2) is 8.78. The van der Waals surface area contributed by atoms with E-state index in [1.165, 1.54) is 6.07 Å². The van der Waals surface area contributed by atoms with Crippen LogP contribution in [0.25, 0.3) is 0 Å². The molecule has 3 nitrogen and oxygen atoms in total. The number of hydrogen-bond acceptors (Lipinski definition) is 3. The molecule has 0 saturated carbocycles. The Kier molecular flexibility index (Phi) is 7.38. The Hall–Kier alpha value is -1.41. The molecule has 1 rings (SSSR count). The van der Waals surface area contributed by atoms with Gasteiger partial charge in [0.25, 0.3) is 0 Å². The molecule has 0 aromatic heterocycles. The summed E-state index contributed by atoms with van der Waals surface area (Å²) < 4.78 is 24.6. The third-order valence-electron chi connectivity index (χ3n) is 2.52. The highest BCUT2D eigenvalue weighted by Crippen LogP contribution is 2.11. The van der Waals surface area contributed by atoms with Crippen LogP contribution in [0.5, 0.6) is 0 Å². The van der Waals surface area contributed by atoms with E-state index in [4.69, 9.17) is 14.6 Å². The fourth-order valence-corrected chi connectivity index (χ4v) is 1.57. The van der Waals surface area contributed by atoms with Gasteiger partial charge in [0, 0.05) is 6.42 Å². The molecule has 0 aliphatic rings. The van der Waals surface area contributed by atoms with Gasteiger partial charge in [0.15, 0.2) is 0 Å². The number of aliphatic hydroxyl groups excluding tert-OH is 1. The van der Waals surface area contributed by atoms with Gasteiger partial charge in [-0.3, -0.25) is 0 Å². The molecule has 0 amide bonds. The van der Waals surface area contributed by atoms with Crippen molar-refractivity contribution in [2.45, 2.75) is 39.4 Å². The predicted molar refractivity (Wildman–Crippen MR) is 80.3 cm³/mol. The fourth-order valence-electron chi connectivity index (χ4n) is 1.57. The van der Waals surface area contributed by atoms with E-state index in [2.05, 4.69) is 11.8 Å². The van der Waals surface area contributed by atoms with E-state index in [0.717, 1.165) is 5.56 Å². The third kappa shape index (κ3) is 7.81. The molecule has 0 unspecified atom stereocenters. The van der Waals surface area contributed by atoms with Crippen LogP contribution in [-0.2, 0) is 16.1 Å². The molecule has 0 radical (unpaired) electrons. The van der Waals surface area contributed by atoms with E-state index in [-0.39, 0.29) is 18.0 Å². The highest BCUT2D eigenvalue weighted by atomic mass is 19.1. The average Bonchev–Trinajstić information content (AvgIpc) is 2.40. The Bertz CT molecular complexity index is 495. The summed E-state index contributed by atoms with van der Waals surface area (Å²) >= 11 is 0. The van der Waals surface area contributed by atoms with Crippen molar-refractivity contribution in [3.63, 3.8) is 0 Å². The van der Waals surface area contributed by atoms with E-state index in [0.29, 0.717) is 31.8 Å². The molecule has 0 atom stereocenters. The number of halogens is 1. The van der Waals surface area contributed by atoms with Crippen molar-refractivity contribution in [1.29, 1.82) is 0 Å². The summed E-state index contributed by atoms with van der Waals surface area (Å²) in [5.74, 6) is 5.06. The van der Waals surface area contributed by atoms with Crippen LogP contribution in [0.15, 0.2) is 18.2 Å². The van der Waals surface area contributed by atoms with Gasteiger partial charge in [0.2, 0.25) is 0 Å². The Balaban J connectivity index is 2.46. The summed E-state index contributed by atoms with van der Waals surface area (Å²) in [5, 5.41) is 8.66. The van der Waals surface area contributed by atoms with Crippen LogP contribution >= 0.6 is 0 Å². The maximum atomic E-state index is 13.5. The normalized spacial score (nSPS) is 11.1. The van der Waals surface area contributed by atoms with Crippen molar-refractivity contribution in [1.82, 2.24) is 0 Å². The minimum absolute atomic E-state index is 0.0226. The van der Waals surface area contributed by atoms with Gasteiger partial charge in [-0.1, -0.05) is 17.9 Å². The standard InChI is InChI=1S/C17H23FO3/c1-17(2,3)21-11-10-20-13-14-7-8-16(18)15(12-14)6-4-5-9-19/h7-8,12,19H,5,9-11,13H2,1-3H3. The van der Waals surface area contributed by atoms with Crippen molar-refractivity contribution in [3.8, 4) is 11.8 Å². The lowest BCUT2D eigenvalue weighted by Crippen LogP contribution is -2.21. The molecule has 0 aliphatic heterocycles. The van der Waals surface area contributed by atoms with Gasteiger partial charge >= 0.3 is 0 Å². The summed E-state index contributed by atoms with van der Waals surface area (Å²) in [6.45, 7) is 7.35. The van der Waals surface area contributed by atoms with Gasteiger partial charge in [-0.2, -0.15) is 0 Å². The quantitative estimate of drug-likeness (QED) is 0.647. The molecular weight excluding hydrogens is 271 g/mol. The number of rotatable bonds is 6. The zero-order valence-electron chi connectivity index (χ0n) is 12.9. The van der Waals surface area contributed by atoms with Crippen LogP contribution in [0.2, 0.25) is 0 Å². The molecule has 0 aliphatic carbocycles. The molecule has 4 heteroatoms. The molecule has 0 heterocycles. The SMILES string of the molecule is CC(C)(C)OCCOCc1ccc(F)c(C#CCCO)c1. The van der Waals surface area contributed by atoms with Crippen LogP contribution < -0.4 is 0 Å². The molecule has 1 N–H and O–H groups in total. The fraction of sp³-hybridized carbons (Fsp3) is 0.529. The smallest absolute Gasteiger partial charge is 0.138 e. The van der Waals surface area contributed by atoms with Crippen molar-refractivity contribution in [3.05, 3.63) is 35.1 Å². The monoisotopic (exact) mass is 294 g/mol. The van der Waals surface area contributed by atoms with E-state index in [1.54, 1.807) is 12.1 Å². The maximum Gasteiger partial charge on any atom is 0.138 e. The Labute approximate surface area is 126 Å². The van der Waals surface area contributed by atoms with Gasteiger partial charge in [-0.25, -0.2) is 4.39 Å². The summed E-state index contributed by atoms with van der Waals surface area (Å²) in [6, 6.07) is 4.73. The predicted octanol–water partition coefficient (Wildman–Crippen LogP) is 2.89. The van der Waals surface area contributed by atoms with Gasteiger partial charge in [-0.15, -0.1) is 0 Å². The lowest BCUT2D eigenvalue weighted by atomic mass is 10.1. The summed E-state index contributed by atoms with van der Waals surface area (Å²) in [7, 11) is 0. The number of aliphatic hydroxyl groups is 1. The maximum absolute atomic E-state index is 13.5. The van der Waals surface area contributed by atoms with Crippen molar-refractivity contribution >= 4 is 0 Å². The molecule has 1 aromatic carbocycles. The van der Waals surface area contributed by atoms with Crippen LogP contribution in [0.3, 0.4) is 0 Å². The van der Waals surface area contributed by atoms with Crippen LogP contribution in [-0.4, -0.2) is 30.5 Å². The lowest BCUT2D eigenvalue weighted by Gasteiger charge is -2.19. The number of hydrogen-bond donors (Lipinski definition) is 1. The summed E-state index contributed by atoms with van der Waals surface area (Å²) in [5.41, 5.74) is 1.02. The molecule has 116 valence electrons. The first-order valence-electron chi connectivity index (χ1n) is 7.02. The molecule has 1 aromatic rings. The summed E-state index contributed by atoms with van der Waals surface area (Å²) in [4.78, 5) is 0. The minimum Gasteiger partial charge on any atom is -0.395 e. The zero-order chi connectivity index (χ0) is 15.7. The topological polar surface area (TPSA) is 38.7 Å². The van der Waals surface area contributed by atoms with Crippen molar-refractivity contribution < 1.29 is 19.0 Å². The van der Waals surface area contributed by atoms with E-state index in [1.807, 2.05) is 20.8 Å². The van der Waals surface area contributed by atoms with Crippen LogP contribution in [0.1, 0.15) is 38.3 Å². The number of ether oxygens (including phenoxy) is 2. The van der Waals surface area contributed by atoms with Gasteiger partial charge in [0.05, 0.1) is 37.6 Å². The van der Waals surface area contributed by atoms with Crippen LogP contribution in [0, 0.1) is 17.7 Å². The van der Waals surface area contributed by atoms with Gasteiger partial charge < -0.3 is 14.6 Å². The average molecular weight is 294 g/mol. The second-order valence-electron chi connectivity index (χ2n) is 5.60.